The summed E-state index contributed by atoms with van der Waals surface area (Å²) in [6.07, 6.45) is 1.26. The van der Waals surface area contributed by atoms with E-state index in [0.29, 0.717) is 28.8 Å². The van der Waals surface area contributed by atoms with E-state index in [1.807, 2.05) is 41.8 Å². The Labute approximate surface area is 170 Å². The Morgan fingerprint density at radius 2 is 1.85 bits per heavy atom. The fraction of sp³-hybridized carbons (Fsp3) is 0.211. The topological polar surface area (TPSA) is 71.1 Å². The monoisotopic (exact) mass is 419 g/mol. The molecule has 0 atom stereocenters. The Balaban J connectivity index is 1.40. The third-order valence-electron chi connectivity index (χ3n) is 3.70. The highest BCUT2D eigenvalue weighted by molar-refractivity contribution is 7.14. The van der Waals surface area contributed by atoms with Gasteiger partial charge in [-0.15, -0.1) is 22.7 Å². The number of hydrogen-bond acceptors (Lipinski definition) is 5. The molecule has 0 bridgehead atoms. The Bertz CT molecular complexity index is 892. The van der Waals surface area contributed by atoms with Crippen LogP contribution in [0.2, 0.25) is 5.02 Å². The van der Waals surface area contributed by atoms with Gasteiger partial charge in [-0.1, -0.05) is 29.8 Å². The number of thiazole rings is 1. The van der Waals surface area contributed by atoms with Gasteiger partial charge in [0.05, 0.1) is 18.5 Å². The second-order valence-corrected chi connectivity index (χ2v) is 8.18. The van der Waals surface area contributed by atoms with E-state index in [1.165, 1.54) is 11.3 Å². The molecule has 0 saturated heterocycles. The maximum Gasteiger partial charge on any atom is 0.231 e. The summed E-state index contributed by atoms with van der Waals surface area (Å²) in [7, 11) is 0. The van der Waals surface area contributed by atoms with E-state index >= 15 is 0 Å². The lowest BCUT2D eigenvalue weighted by molar-refractivity contribution is -0.120. The number of aromatic nitrogens is 1. The van der Waals surface area contributed by atoms with Crippen LogP contribution in [0.25, 0.3) is 0 Å². The summed E-state index contributed by atoms with van der Waals surface area (Å²) in [5.41, 5.74) is 1.76. The van der Waals surface area contributed by atoms with Crippen LogP contribution < -0.4 is 10.6 Å². The largest absolute Gasteiger partial charge is 0.355 e. The van der Waals surface area contributed by atoms with Crippen LogP contribution >= 0.6 is 34.3 Å². The number of anilines is 1. The molecule has 0 spiro atoms. The summed E-state index contributed by atoms with van der Waals surface area (Å²) < 4.78 is 0. The van der Waals surface area contributed by atoms with Gasteiger partial charge in [0, 0.05) is 21.8 Å². The quantitative estimate of drug-likeness (QED) is 0.580. The minimum Gasteiger partial charge on any atom is -0.355 e. The summed E-state index contributed by atoms with van der Waals surface area (Å²) in [6, 6.07) is 11.4. The molecule has 0 saturated carbocycles. The van der Waals surface area contributed by atoms with Crippen LogP contribution in [0.4, 0.5) is 5.13 Å². The maximum absolute atomic E-state index is 12.0. The molecule has 5 nitrogen and oxygen atoms in total. The van der Waals surface area contributed by atoms with Gasteiger partial charge in [0.25, 0.3) is 0 Å². The first kappa shape index (κ1) is 19.5. The Kier molecular flexibility index (Phi) is 6.98. The molecule has 0 unspecified atom stereocenters. The van der Waals surface area contributed by atoms with Gasteiger partial charge in [-0.25, -0.2) is 4.98 Å². The highest BCUT2D eigenvalue weighted by Gasteiger charge is 2.10. The zero-order valence-corrected chi connectivity index (χ0v) is 16.8. The van der Waals surface area contributed by atoms with Crippen molar-refractivity contribution in [2.75, 3.05) is 11.9 Å². The minimum atomic E-state index is -0.106. The second kappa shape index (κ2) is 9.64. The molecule has 2 N–H and O–H groups in total. The molecule has 0 aliphatic heterocycles. The molecule has 0 aliphatic rings. The van der Waals surface area contributed by atoms with Crippen molar-refractivity contribution in [1.29, 1.82) is 0 Å². The number of halogens is 1. The molecule has 3 aromatic rings. The normalized spacial score (nSPS) is 10.6. The van der Waals surface area contributed by atoms with Gasteiger partial charge in [0.2, 0.25) is 11.8 Å². The van der Waals surface area contributed by atoms with Crippen molar-refractivity contribution < 1.29 is 9.59 Å². The first-order valence-corrected chi connectivity index (χ1v) is 10.5. The summed E-state index contributed by atoms with van der Waals surface area (Å²) in [4.78, 5) is 29.3. The minimum absolute atomic E-state index is 0.0919. The zero-order valence-electron chi connectivity index (χ0n) is 14.4. The molecule has 0 fully saturated rings. The fourth-order valence-electron chi connectivity index (χ4n) is 2.40. The molecule has 0 aliphatic carbocycles. The van der Waals surface area contributed by atoms with Gasteiger partial charge < -0.3 is 10.6 Å². The lowest BCUT2D eigenvalue weighted by Crippen LogP contribution is -2.27. The Morgan fingerprint density at radius 3 is 2.59 bits per heavy atom. The van der Waals surface area contributed by atoms with E-state index < -0.39 is 0 Å². The van der Waals surface area contributed by atoms with Crippen molar-refractivity contribution >= 4 is 51.2 Å². The van der Waals surface area contributed by atoms with E-state index in [0.717, 1.165) is 16.9 Å². The number of thiophene rings is 1. The molecule has 2 heterocycles. The molecule has 3 rings (SSSR count). The van der Waals surface area contributed by atoms with E-state index in [2.05, 4.69) is 15.6 Å². The summed E-state index contributed by atoms with van der Waals surface area (Å²) in [6.45, 7) is 0.551. The lowest BCUT2D eigenvalue weighted by Gasteiger charge is -2.04. The van der Waals surface area contributed by atoms with Crippen molar-refractivity contribution in [2.45, 2.75) is 19.3 Å². The summed E-state index contributed by atoms with van der Waals surface area (Å²) >= 11 is 8.72. The van der Waals surface area contributed by atoms with Crippen LogP contribution in [0.1, 0.15) is 16.1 Å². The molecule has 1 aromatic carbocycles. The SMILES string of the molecule is O=C(Cc1csc(NC(=O)Cc2cccs2)n1)NCCc1ccc(Cl)cc1. The number of nitrogens with zero attached hydrogens (tertiary/aromatic N) is 1. The molecule has 0 radical (unpaired) electrons. The molecular formula is C19H18ClN3O2S2. The van der Waals surface area contributed by atoms with E-state index in [9.17, 15) is 9.59 Å². The Morgan fingerprint density at radius 1 is 1.04 bits per heavy atom. The van der Waals surface area contributed by atoms with E-state index in [1.54, 1.807) is 16.7 Å². The smallest absolute Gasteiger partial charge is 0.231 e. The fourth-order valence-corrected chi connectivity index (χ4v) is 3.96. The van der Waals surface area contributed by atoms with Gasteiger partial charge in [0.15, 0.2) is 5.13 Å². The van der Waals surface area contributed by atoms with Crippen LogP contribution in [0.5, 0.6) is 0 Å². The van der Waals surface area contributed by atoms with Crippen molar-refractivity contribution in [3.63, 3.8) is 0 Å². The predicted molar refractivity (Wildman–Crippen MR) is 111 cm³/mol. The average Bonchev–Trinajstić information content (AvgIpc) is 3.29. The van der Waals surface area contributed by atoms with Crippen LogP contribution in [0, 0.1) is 0 Å². The summed E-state index contributed by atoms with van der Waals surface area (Å²) in [5, 5.41) is 10.6. The average molecular weight is 420 g/mol. The van der Waals surface area contributed by atoms with E-state index in [-0.39, 0.29) is 18.2 Å². The predicted octanol–water partition coefficient (Wildman–Crippen LogP) is 3.94. The molecule has 2 aromatic heterocycles. The van der Waals surface area contributed by atoms with Crippen LogP contribution in [0.15, 0.2) is 47.2 Å². The molecule has 8 heteroatoms. The first-order valence-electron chi connectivity index (χ1n) is 8.36. The van der Waals surface area contributed by atoms with Crippen LogP contribution in [0.3, 0.4) is 0 Å². The maximum atomic E-state index is 12.0. The van der Waals surface area contributed by atoms with Gasteiger partial charge in [-0.2, -0.15) is 0 Å². The van der Waals surface area contributed by atoms with Gasteiger partial charge in [-0.3, -0.25) is 9.59 Å². The molecule has 27 heavy (non-hydrogen) atoms. The van der Waals surface area contributed by atoms with Crippen LogP contribution in [-0.2, 0) is 28.9 Å². The lowest BCUT2D eigenvalue weighted by atomic mass is 10.1. The molecular weight excluding hydrogens is 402 g/mol. The third-order valence-corrected chi connectivity index (χ3v) is 5.64. The number of carbonyl (C=O) groups is 2. The molecule has 140 valence electrons. The van der Waals surface area contributed by atoms with Crippen molar-refractivity contribution in [3.05, 3.63) is 68.3 Å². The van der Waals surface area contributed by atoms with Crippen molar-refractivity contribution in [3.8, 4) is 0 Å². The highest BCUT2D eigenvalue weighted by Crippen LogP contribution is 2.17. The zero-order chi connectivity index (χ0) is 19.1. The van der Waals surface area contributed by atoms with Gasteiger partial charge in [-0.05, 0) is 35.6 Å². The van der Waals surface area contributed by atoms with Crippen molar-refractivity contribution in [2.24, 2.45) is 0 Å². The van der Waals surface area contributed by atoms with Gasteiger partial charge >= 0.3 is 0 Å². The highest BCUT2D eigenvalue weighted by atomic mass is 35.5. The number of rotatable bonds is 8. The van der Waals surface area contributed by atoms with Crippen molar-refractivity contribution in [1.82, 2.24) is 10.3 Å². The van der Waals surface area contributed by atoms with E-state index in [4.69, 9.17) is 11.6 Å². The number of nitrogens with one attached hydrogen (secondary N) is 2. The number of benzene rings is 1. The Hall–Kier alpha value is -2.22. The first-order chi connectivity index (χ1) is 13.1. The third kappa shape index (κ3) is 6.46. The number of carbonyl (C=O) groups excluding carboxylic acids is 2. The second-order valence-electron chi connectivity index (χ2n) is 5.85. The number of hydrogen-bond donors (Lipinski definition) is 2. The summed E-state index contributed by atoms with van der Waals surface area (Å²) in [5.74, 6) is -0.198. The van der Waals surface area contributed by atoms with Crippen LogP contribution in [-0.4, -0.2) is 23.3 Å². The number of amides is 2. The standard InChI is InChI=1S/C19H18ClN3O2S2/c20-14-5-3-13(4-6-14)7-8-21-17(24)10-15-12-27-19(22-15)23-18(25)11-16-2-1-9-26-16/h1-6,9,12H,7-8,10-11H2,(H,21,24)(H,22,23,25). The molecule has 2 amide bonds. The van der Waals surface area contributed by atoms with Gasteiger partial charge in [0.1, 0.15) is 0 Å².